The van der Waals surface area contributed by atoms with Gasteiger partial charge in [0.2, 0.25) is 11.9 Å². The molecule has 1 aliphatic rings. The monoisotopic (exact) mass is 440 g/mol. The van der Waals surface area contributed by atoms with Crippen LogP contribution >= 0.6 is 0 Å². The number of anilines is 1. The summed E-state index contributed by atoms with van der Waals surface area (Å²) in [6.07, 6.45) is 6.69. The standard InChI is InChI=1S/C25H24N6O2/c1-30-16-21(15-27-30)19-7-8-20-14-26-25(28-22(20)13-19)29-23(32)17-9-11-31(12-10-17)24(33)18-5-3-2-4-6-18/h2-8,13-17H,9-12H2,1H3,(H,26,28,29,32). The van der Waals surface area contributed by atoms with Gasteiger partial charge in [-0.15, -0.1) is 0 Å². The first-order chi connectivity index (χ1) is 16.1. The number of nitrogens with one attached hydrogen (secondary N) is 1. The Morgan fingerprint density at radius 3 is 2.52 bits per heavy atom. The lowest BCUT2D eigenvalue weighted by Gasteiger charge is -2.31. The van der Waals surface area contributed by atoms with E-state index < -0.39 is 0 Å². The summed E-state index contributed by atoms with van der Waals surface area (Å²) in [7, 11) is 1.88. The molecule has 1 aliphatic heterocycles. The van der Waals surface area contributed by atoms with Gasteiger partial charge in [0.25, 0.3) is 5.91 Å². The van der Waals surface area contributed by atoms with Crippen molar-refractivity contribution in [2.75, 3.05) is 18.4 Å². The van der Waals surface area contributed by atoms with Crippen molar-refractivity contribution in [3.63, 3.8) is 0 Å². The van der Waals surface area contributed by atoms with Gasteiger partial charge in [0.15, 0.2) is 0 Å². The maximum absolute atomic E-state index is 12.8. The number of likely N-dealkylation sites (tertiary alicyclic amines) is 1. The minimum Gasteiger partial charge on any atom is -0.339 e. The molecule has 2 aromatic heterocycles. The van der Waals surface area contributed by atoms with E-state index in [9.17, 15) is 9.59 Å². The molecule has 1 saturated heterocycles. The smallest absolute Gasteiger partial charge is 0.253 e. The summed E-state index contributed by atoms with van der Waals surface area (Å²) < 4.78 is 1.75. The highest BCUT2D eigenvalue weighted by atomic mass is 16.2. The Hall–Kier alpha value is -4.07. The predicted molar refractivity (Wildman–Crippen MR) is 125 cm³/mol. The predicted octanol–water partition coefficient (Wildman–Crippen LogP) is 3.52. The summed E-state index contributed by atoms with van der Waals surface area (Å²) in [6.45, 7) is 1.11. The van der Waals surface area contributed by atoms with Crippen LogP contribution in [0.4, 0.5) is 5.95 Å². The molecule has 4 aromatic rings. The van der Waals surface area contributed by atoms with Gasteiger partial charge in [0.1, 0.15) is 0 Å². The Balaban J connectivity index is 1.24. The first-order valence-electron chi connectivity index (χ1n) is 11.0. The van der Waals surface area contributed by atoms with Crippen molar-refractivity contribution in [1.29, 1.82) is 0 Å². The second-order valence-electron chi connectivity index (χ2n) is 8.29. The van der Waals surface area contributed by atoms with Crippen LogP contribution in [-0.2, 0) is 11.8 Å². The fourth-order valence-corrected chi connectivity index (χ4v) is 4.15. The molecular formula is C25H24N6O2. The van der Waals surface area contributed by atoms with Crippen LogP contribution in [-0.4, -0.2) is 49.6 Å². The van der Waals surface area contributed by atoms with E-state index in [0.717, 1.165) is 22.0 Å². The minimum atomic E-state index is -0.175. The molecule has 33 heavy (non-hydrogen) atoms. The number of rotatable bonds is 4. The summed E-state index contributed by atoms with van der Waals surface area (Å²) in [4.78, 5) is 36.1. The molecule has 0 saturated carbocycles. The fraction of sp³-hybridized carbons (Fsp3) is 0.240. The van der Waals surface area contributed by atoms with Gasteiger partial charge in [-0.05, 0) is 36.6 Å². The highest BCUT2D eigenvalue weighted by Crippen LogP contribution is 2.24. The molecule has 0 spiro atoms. The normalized spacial score (nSPS) is 14.4. The SMILES string of the molecule is Cn1cc(-c2ccc3cnc(NC(=O)C4CCN(C(=O)c5ccccc5)CC4)nc3c2)cn1. The highest BCUT2D eigenvalue weighted by molar-refractivity contribution is 5.95. The van der Waals surface area contributed by atoms with Crippen LogP contribution in [0, 0.1) is 5.92 Å². The molecule has 2 aromatic carbocycles. The number of piperidine rings is 1. The lowest BCUT2D eigenvalue weighted by Crippen LogP contribution is -2.41. The summed E-state index contributed by atoms with van der Waals surface area (Å²) in [5.74, 6) is 0.0193. The molecule has 1 fully saturated rings. The van der Waals surface area contributed by atoms with Crippen molar-refractivity contribution >= 4 is 28.7 Å². The second-order valence-corrected chi connectivity index (χ2v) is 8.29. The maximum atomic E-state index is 12.8. The van der Waals surface area contributed by atoms with E-state index in [-0.39, 0.29) is 17.7 Å². The zero-order chi connectivity index (χ0) is 22.8. The molecule has 0 atom stereocenters. The Labute approximate surface area is 191 Å². The summed E-state index contributed by atoms with van der Waals surface area (Å²) in [6, 6.07) is 15.2. The number of aromatic nitrogens is 4. The van der Waals surface area contributed by atoms with Gasteiger partial charge in [-0.1, -0.05) is 30.3 Å². The minimum absolute atomic E-state index is 0.0109. The quantitative estimate of drug-likeness (QED) is 0.524. The largest absolute Gasteiger partial charge is 0.339 e. The molecule has 8 heteroatoms. The summed E-state index contributed by atoms with van der Waals surface area (Å²) >= 11 is 0. The molecule has 8 nitrogen and oxygen atoms in total. The van der Waals surface area contributed by atoms with E-state index in [1.54, 1.807) is 17.1 Å². The van der Waals surface area contributed by atoms with Crippen molar-refractivity contribution in [3.8, 4) is 11.1 Å². The molecule has 1 N–H and O–H groups in total. The average molecular weight is 441 g/mol. The van der Waals surface area contributed by atoms with Crippen LogP contribution in [0.1, 0.15) is 23.2 Å². The number of nitrogens with zero attached hydrogens (tertiary/aromatic N) is 5. The van der Waals surface area contributed by atoms with Crippen LogP contribution < -0.4 is 5.32 Å². The second kappa shape index (κ2) is 8.82. The van der Waals surface area contributed by atoms with Crippen molar-refractivity contribution in [3.05, 3.63) is 72.7 Å². The summed E-state index contributed by atoms with van der Waals surface area (Å²) in [5, 5.41) is 7.98. The van der Waals surface area contributed by atoms with Gasteiger partial charge in [-0.25, -0.2) is 9.97 Å². The molecule has 5 rings (SSSR count). The lowest BCUT2D eigenvalue weighted by atomic mass is 9.95. The third-order valence-electron chi connectivity index (χ3n) is 6.03. The van der Waals surface area contributed by atoms with Crippen LogP contribution in [0.5, 0.6) is 0 Å². The molecule has 166 valence electrons. The first-order valence-corrected chi connectivity index (χ1v) is 11.0. The van der Waals surface area contributed by atoms with Crippen molar-refractivity contribution in [1.82, 2.24) is 24.6 Å². The van der Waals surface area contributed by atoms with Crippen molar-refractivity contribution in [2.24, 2.45) is 13.0 Å². The van der Waals surface area contributed by atoms with E-state index in [1.165, 1.54) is 0 Å². The summed E-state index contributed by atoms with van der Waals surface area (Å²) in [5.41, 5.74) is 3.43. The topological polar surface area (TPSA) is 93.0 Å². The number of aryl methyl sites for hydroxylation is 1. The number of hydrogen-bond acceptors (Lipinski definition) is 5. The van der Waals surface area contributed by atoms with Gasteiger partial charge >= 0.3 is 0 Å². The van der Waals surface area contributed by atoms with Crippen LogP contribution in [0.3, 0.4) is 0 Å². The third kappa shape index (κ3) is 4.45. The number of hydrogen-bond donors (Lipinski definition) is 1. The number of carbonyl (C=O) groups excluding carboxylic acids is 2. The zero-order valence-corrected chi connectivity index (χ0v) is 18.3. The Kier molecular flexibility index (Phi) is 5.56. The number of carbonyl (C=O) groups is 2. The lowest BCUT2D eigenvalue weighted by molar-refractivity contribution is -0.121. The van der Waals surface area contributed by atoms with Crippen molar-refractivity contribution < 1.29 is 9.59 Å². The molecule has 0 aliphatic carbocycles. The molecule has 0 bridgehead atoms. The van der Waals surface area contributed by atoms with E-state index in [1.807, 2.05) is 66.7 Å². The van der Waals surface area contributed by atoms with E-state index in [4.69, 9.17) is 0 Å². The third-order valence-corrected chi connectivity index (χ3v) is 6.03. The Morgan fingerprint density at radius 2 is 1.79 bits per heavy atom. The number of benzene rings is 2. The highest BCUT2D eigenvalue weighted by Gasteiger charge is 2.28. The molecular weight excluding hydrogens is 416 g/mol. The fourth-order valence-electron chi connectivity index (χ4n) is 4.15. The van der Waals surface area contributed by atoms with Crippen LogP contribution in [0.15, 0.2) is 67.1 Å². The molecule has 0 radical (unpaired) electrons. The maximum Gasteiger partial charge on any atom is 0.253 e. The van der Waals surface area contributed by atoms with Crippen LogP contribution in [0.25, 0.3) is 22.0 Å². The average Bonchev–Trinajstić information content (AvgIpc) is 3.30. The Bertz CT molecular complexity index is 1310. The van der Waals surface area contributed by atoms with Crippen LogP contribution in [0.2, 0.25) is 0 Å². The van der Waals surface area contributed by atoms with Gasteiger partial charge in [-0.2, -0.15) is 5.10 Å². The molecule has 2 amide bonds. The van der Waals surface area contributed by atoms with Gasteiger partial charge in [0.05, 0.1) is 11.7 Å². The zero-order valence-electron chi connectivity index (χ0n) is 18.3. The van der Waals surface area contributed by atoms with E-state index in [0.29, 0.717) is 37.4 Å². The molecule has 3 heterocycles. The number of fused-ring (bicyclic) bond motifs is 1. The molecule has 0 unspecified atom stereocenters. The first kappa shape index (κ1) is 20.8. The van der Waals surface area contributed by atoms with Gasteiger partial charge in [0, 0.05) is 55.0 Å². The van der Waals surface area contributed by atoms with Gasteiger partial charge in [-0.3, -0.25) is 19.6 Å². The Morgan fingerprint density at radius 1 is 1.00 bits per heavy atom. The van der Waals surface area contributed by atoms with E-state index in [2.05, 4.69) is 20.4 Å². The van der Waals surface area contributed by atoms with E-state index >= 15 is 0 Å². The van der Waals surface area contributed by atoms with Gasteiger partial charge < -0.3 is 4.90 Å². The number of amides is 2. The van der Waals surface area contributed by atoms with Crippen molar-refractivity contribution in [2.45, 2.75) is 12.8 Å².